The Bertz CT molecular complexity index is 587. The van der Waals surface area contributed by atoms with Gasteiger partial charge in [-0.1, -0.05) is 0 Å². The van der Waals surface area contributed by atoms with Crippen LogP contribution in [0.15, 0.2) is 22.9 Å². The number of aromatic nitrogens is 3. The number of nitrogens with one attached hydrogen (secondary N) is 1. The molecular formula is C11H12BrF3N4O. The van der Waals surface area contributed by atoms with Crippen molar-refractivity contribution in [2.75, 3.05) is 18.5 Å². The maximum Gasteiger partial charge on any atom is 0.411 e. The minimum atomic E-state index is -4.31. The van der Waals surface area contributed by atoms with Gasteiger partial charge in [0, 0.05) is 12.2 Å². The Labute approximate surface area is 121 Å². The van der Waals surface area contributed by atoms with E-state index < -0.39 is 12.8 Å². The van der Waals surface area contributed by atoms with E-state index in [0.717, 1.165) is 4.47 Å². The standard InChI is InChI=1S/C11H12BrF3N4O/c1-7(5-20-6-11(13,14)15)17-9-2-3-19-10(18-9)8(12)4-16-19/h2-4,7H,5-6H2,1H3,(H,17,18). The van der Waals surface area contributed by atoms with Crippen LogP contribution in [-0.2, 0) is 4.74 Å². The van der Waals surface area contributed by atoms with Crippen molar-refractivity contribution >= 4 is 27.4 Å². The Morgan fingerprint density at radius 3 is 2.95 bits per heavy atom. The molecule has 0 bridgehead atoms. The van der Waals surface area contributed by atoms with Gasteiger partial charge >= 0.3 is 6.18 Å². The molecule has 0 radical (unpaired) electrons. The van der Waals surface area contributed by atoms with E-state index in [9.17, 15) is 13.2 Å². The predicted octanol–water partition coefficient (Wildman–Crippen LogP) is 2.87. The molecule has 2 rings (SSSR count). The van der Waals surface area contributed by atoms with Crippen LogP contribution in [-0.4, -0.2) is 40.0 Å². The largest absolute Gasteiger partial charge is 0.411 e. The highest BCUT2D eigenvalue weighted by molar-refractivity contribution is 9.10. The van der Waals surface area contributed by atoms with Crippen molar-refractivity contribution in [3.8, 4) is 0 Å². The Kier molecular flexibility index (Phi) is 4.48. The lowest BCUT2D eigenvalue weighted by Gasteiger charge is -2.15. The number of fused-ring (bicyclic) bond motifs is 1. The highest BCUT2D eigenvalue weighted by Gasteiger charge is 2.27. The number of anilines is 1. The highest BCUT2D eigenvalue weighted by atomic mass is 79.9. The second-order valence-corrected chi connectivity index (χ2v) is 5.10. The van der Waals surface area contributed by atoms with E-state index >= 15 is 0 Å². The predicted molar refractivity (Wildman–Crippen MR) is 70.6 cm³/mol. The SMILES string of the molecule is CC(COCC(F)(F)F)Nc1ccn2ncc(Br)c2n1. The van der Waals surface area contributed by atoms with Gasteiger partial charge in [-0.15, -0.1) is 0 Å². The number of halogens is 4. The molecule has 0 aliphatic heterocycles. The van der Waals surface area contributed by atoms with Crippen molar-refractivity contribution in [3.63, 3.8) is 0 Å². The minimum Gasteiger partial charge on any atom is -0.370 e. The molecule has 0 fully saturated rings. The summed E-state index contributed by atoms with van der Waals surface area (Å²) in [5, 5.41) is 7.02. The molecule has 9 heteroatoms. The summed E-state index contributed by atoms with van der Waals surface area (Å²) in [4.78, 5) is 4.30. The van der Waals surface area contributed by atoms with Crippen LogP contribution in [0.4, 0.5) is 19.0 Å². The van der Waals surface area contributed by atoms with Gasteiger partial charge in [0.25, 0.3) is 0 Å². The van der Waals surface area contributed by atoms with Crippen LogP contribution < -0.4 is 5.32 Å². The quantitative estimate of drug-likeness (QED) is 0.898. The molecule has 0 amide bonds. The first-order valence-corrected chi connectivity index (χ1v) is 6.55. The topological polar surface area (TPSA) is 51.5 Å². The van der Waals surface area contributed by atoms with Crippen LogP contribution in [0.2, 0.25) is 0 Å². The van der Waals surface area contributed by atoms with E-state index in [-0.39, 0.29) is 12.6 Å². The smallest absolute Gasteiger partial charge is 0.370 e. The van der Waals surface area contributed by atoms with Crippen molar-refractivity contribution in [2.45, 2.75) is 19.1 Å². The molecule has 0 saturated carbocycles. The molecule has 5 nitrogen and oxygen atoms in total. The average molecular weight is 353 g/mol. The zero-order valence-electron chi connectivity index (χ0n) is 10.5. The van der Waals surface area contributed by atoms with Crippen molar-refractivity contribution in [1.29, 1.82) is 0 Å². The van der Waals surface area contributed by atoms with Gasteiger partial charge in [0.1, 0.15) is 12.4 Å². The van der Waals surface area contributed by atoms with Crippen LogP contribution in [0.5, 0.6) is 0 Å². The first-order valence-electron chi connectivity index (χ1n) is 5.76. The molecule has 0 aromatic carbocycles. The van der Waals surface area contributed by atoms with Gasteiger partial charge in [-0.2, -0.15) is 18.3 Å². The zero-order chi connectivity index (χ0) is 14.8. The molecule has 0 saturated heterocycles. The lowest BCUT2D eigenvalue weighted by Crippen LogP contribution is -2.26. The van der Waals surface area contributed by atoms with Gasteiger partial charge in [-0.3, -0.25) is 0 Å². The van der Waals surface area contributed by atoms with E-state index in [1.54, 1.807) is 29.9 Å². The number of rotatable bonds is 5. The van der Waals surface area contributed by atoms with Gasteiger partial charge in [0.2, 0.25) is 0 Å². The van der Waals surface area contributed by atoms with Gasteiger partial charge in [0.15, 0.2) is 5.65 Å². The molecule has 2 heterocycles. The molecule has 1 unspecified atom stereocenters. The summed E-state index contributed by atoms with van der Waals surface area (Å²) in [6.07, 6.45) is -0.986. The zero-order valence-corrected chi connectivity index (χ0v) is 12.1. The van der Waals surface area contributed by atoms with Crippen LogP contribution >= 0.6 is 15.9 Å². The summed E-state index contributed by atoms with van der Waals surface area (Å²) in [5.74, 6) is 0.543. The first kappa shape index (κ1) is 15.0. The second-order valence-electron chi connectivity index (χ2n) is 4.25. The minimum absolute atomic E-state index is 0.0627. The summed E-state index contributed by atoms with van der Waals surface area (Å²) in [7, 11) is 0. The third kappa shape index (κ3) is 4.07. The summed E-state index contributed by atoms with van der Waals surface area (Å²) < 4.78 is 42.7. The Morgan fingerprint density at radius 2 is 2.25 bits per heavy atom. The summed E-state index contributed by atoms with van der Waals surface area (Å²) in [5.41, 5.74) is 0.624. The molecule has 1 atom stereocenters. The maximum absolute atomic E-state index is 11.9. The van der Waals surface area contributed by atoms with E-state index in [4.69, 9.17) is 0 Å². The Morgan fingerprint density at radius 1 is 1.50 bits per heavy atom. The molecule has 0 spiro atoms. The third-order valence-corrected chi connectivity index (χ3v) is 2.91. The van der Waals surface area contributed by atoms with Gasteiger partial charge in [-0.05, 0) is 28.9 Å². The lowest BCUT2D eigenvalue weighted by atomic mass is 10.3. The number of alkyl halides is 3. The van der Waals surface area contributed by atoms with Crippen molar-refractivity contribution in [3.05, 3.63) is 22.9 Å². The molecule has 2 aromatic rings. The monoisotopic (exact) mass is 352 g/mol. The lowest BCUT2D eigenvalue weighted by molar-refractivity contribution is -0.174. The second kappa shape index (κ2) is 5.96. The van der Waals surface area contributed by atoms with Crippen molar-refractivity contribution in [1.82, 2.24) is 14.6 Å². The molecule has 0 aliphatic carbocycles. The summed E-state index contributed by atoms with van der Waals surface area (Å²) in [6.45, 7) is 0.403. The molecule has 2 aromatic heterocycles. The number of hydrogen-bond donors (Lipinski definition) is 1. The maximum atomic E-state index is 11.9. The van der Waals surface area contributed by atoms with E-state index in [1.165, 1.54) is 0 Å². The van der Waals surface area contributed by atoms with Crippen molar-refractivity contribution < 1.29 is 17.9 Å². The van der Waals surface area contributed by atoms with Crippen LogP contribution in [0, 0.1) is 0 Å². The van der Waals surface area contributed by atoms with E-state index in [2.05, 4.69) is 36.1 Å². The Balaban J connectivity index is 1.92. The fourth-order valence-corrected chi connectivity index (χ4v) is 1.93. The third-order valence-electron chi connectivity index (χ3n) is 2.35. The number of ether oxygens (including phenoxy) is 1. The molecule has 0 aliphatic rings. The van der Waals surface area contributed by atoms with Gasteiger partial charge < -0.3 is 10.1 Å². The normalized spacial score (nSPS) is 13.7. The fraction of sp³-hybridized carbons (Fsp3) is 0.455. The van der Waals surface area contributed by atoms with Gasteiger partial charge in [0.05, 0.1) is 17.3 Å². The summed E-state index contributed by atoms with van der Waals surface area (Å²) in [6, 6.07) is 1.39. The van der Waals surface area contributed by atoms with Crippen LogP contribution in [0.1, 0.15) is 6.92 Å². The molecule has 1 N–H and O–H groups in total. The average Bonchev–Trinajstić information content (AvgIpc) is 2.69. The van der Waals surface area contributed by atoms with Crippen LogP contribution in [0.3, 0.4) is 0 Å². The van der Waals surface area contributed by atoms with Gasteiger partial charge in [-0.25, -0.2) is 9.50 Å². The first-order chi connectivity index (χ1) is 9.35. The Hall–Kier alpha value is -1.35. The fourth-order valence-electron chi connectivity index (χ4n) is 1.57. The summed E-state index contributed by atoms with van der Waals surface area (Å²) >= 11 is 3.31. The number of hydrogen-bond acceptors (Lipinski definition) is 4. The van der Waals surface area contributed by atoms with Crippen LogP contribution in [0.25, 0.3) is 5.65 Å². The molecular weight excluding hydrogens is 341 g/mol. The highest BCUT2D eigenvalue weighted by Crippen LogP contribution is 2.17. The molecule has 20 heavy (non-hydrogen) atoms. The van der Waals surface area contributed by atoms with Crippen molar-refractivity contribution in [2.24, 2.45) is 0 Å². The molecule has 110 valence electrons. The number of nitrogens with zero attached hydrogens (tertiary/aromatic N) is 3. The van der Waals surface area contributed by atoms with E-state index in [0.29, 0.717) is 11.5 Å². The van der Waals surface area contributed by atoms with E-state index in [1.807, 2.05) is 0 Å².